The number of carbonyl (C=O) groups is 1. The second-order valence-corrected chi connectivity index (χ2v) is 4.67. The fourth-order valence-electron chi connectivity index (χ4n) is 1.28. The van der Waals surface area contributed by atoms with Gasteiger partial charge in [0.15, 0.2) is 0 Å². The molecule has 16 heavy (non-hydrogen) atoms. The molecule has 0 aliphatic rings. The molecule has 1 heterocycles. The molecule has 0 aliphatic heterocycles. The molecule has 2 aromatic rings. The van der Waals surface area contributed by atoms with E-state index in [1.165, 1.54) is 23.5 Å². The van der Waals surface area contributed by atoms with Gasteiger partial charge in [-0.05, 0) is 25.1 Å². The molecule has 0 amide bonds. The molecule has 0 unspecified atom stereocenters. The van der Waals surface area contributed by atoms with E-state index in [-0.39, 0.29) is 16.4 Å². The van der Waals surface area contributed by atoms with Gasteiger partial charge in [0.05, 0.1) is 10.0 Å². The monoisotopic (exact) mass is 255 g/mol. The molecular weight excluding hydrogens is 249 g/mol. The number of thiazole rings is 1. The number of nitrogens with zero attached hydrogens (tertiary/aromatic N) is 1. The lowest BCUT2D eigenvalue weighted by atomic mass is 10.1. The lowest BCUT2D eigenvalue weighted by Crippen LogP contribution is -2.03. The molecule has 5 heteroatoms. The van der Waals surface area contributed by atoms with Crippen molar-refractivity contribution in [2.75, 3.05) is 0 Å². The van der Waals surface area contributed by atoms with E-state index in [0.717, 1.165) is 11.1 Å². The summed E-state index contributed by atoms with van der Waals surface area (Å²) in [6, 6.07) is 3.70. The van der Waals surface area contributed by atoms with Gasteiger partial charge in [-0.3, -0.25) is 4.79 Å². The quantitative estimate of drug-likeness (QED) is 0.769. The molecule has 1 aromatic carbocycles. The highest BCUT2D eigenvalue weighted by atomic mass is 35.5. The summed E-state index contributed by atoms with van der Waals surface area (Å²) >= 11 is 7.20. The van der Waals surface area contributed by atoms with E-state index in [1.54, 1.807) is 12.3 Å². The number of halogens is 2. The highest BCUT2D eigenvalue weighted by molar-refractivity contribution is 7.09. The molecular formula is C11H7ClFNOS. The van der Waals surface area contributed by atoms with Gasteiger partial charge in [0, 0.05) is 10.9 Å². The molecule has 0 aliphatic carbocycles. The predicted octanol–water partition coefficient (Wildman–Crippen LogP) is 3.48. The lowest BCUT2D eigenvalue weighted by Gasteiger charge is -2.00. The van der Waals surface area contributed by atoms with Crippen LogP contribution in [0.25, 0.3) is 0 Å². The van der Waals surface area contributed by atoms with E-state index in [2.05, 4.69) is 4.98 Å². The van der Waals surface area contributed by atoms with Crippen molar-refractivity contribution in [3.8, 4) is 0 Å². The van der Waals surface area contributed by atoms with Crippen LogP contribution in [0.5, 0.6) is 0 Å². The predicted molar refractivity (Wildman–Crippen MR) is 61.7 cm³/mol. The van der Waals surface area contributed by atoms with Gasteiger partial charge in [-0.2, -0.15) is 0 Å². The number of benzene rings is 1. The number of rotatable bonds is 2. The largest absolute Gasteiger partial charge is 0.287 e. The van der Waals surface area contributed by atoms with Gasteiger partial charge < -0.3 is 0 Å². The first-order valence-electron chi connectivity index (χ1n) is 4.50. The first kappa shape index (κ1) is 11.2. The van der Waals surface area contributed by atoms with Crippen molar-refractivity contribution >= 4 is 28.7 Å². The van der Waals surface area contributed by atoms with Crippen LogP contribution in [0.3, 0.4) is 0 Å². The maximum Gasteiger partial charge on any atom is 0.213 e. The van der Waals surface area contributed by atoms with Crippen LogP contribution in [-0.4, -0.2) is 10.8 Å². The Balaban J connectivity index is 2.45. The van der Waals surface area contributed by atoms with Gasteiger partial charge in [0.1, 0.15) is 11.5 Å². The maximum absolute atomic E-state index is 13.0. The Labute approximate surface area is 101 Å². The number of hydrogen-bond donors (Lipinski definition) is 0. The summed E-state index contributed by atoms with van der Waals surface area (Å²) in [5.41, 5.74) is 0.446. The average Bonchev–Trinajstić information content (AvgIpc) is 2.67. The second-order valence-electron chi connectivity index (χ2n) is 3.21. The number of carbonyl (C=O) groups excluding carboxylic acids is 1. The first-order valence-corrected chi connectivity index (χ1v) is 5.75. The zero-order chi connectivity index (χ0) is 11.7. The Morgan fingerprint density at radius 1 is 1.50 bits per heavy atom. The van der Waals surface area contributed by atoms with E-state index in [0.29, 0.717) is 5.69 Å². The third-order valence-corrected chi connectivity index (χ3v) is 3.13. The van der Waals surface area contributed by atoms with Crippen LogP contribution in [-0.2, 0) is 0 Å². The Hall–Kier alpha value is -1.26. The zero-order valence-corrected chi connectivity index (χ0v) is 9.90. The molecule has 0 bridgehead atoms. The number of hydrogen-bond acceptors (Lipinski definition) is 3. The third-order valence-electron chi connectivity index (χ3n) is 2.02. The molecule has 0 fully saturated rings. The highest BCUT2D eigenvalue weighted by Gasteiger charge is 2.16. The van der Waals surface area contributed by atoms with Crippen molar-refractivity contribution in [3.05, 3.63) is 50.7 Å². The van der Waals surface area contributed by atoms with Crippen molar-refractivity contribution in [2.45, 2.75) is 6.92 Å². The molecule has 0 saturated heterocycles. The SMILES string of the molecule is Cc1nc(C(=O)c2cc(F)ccc2Cl)cs1. The smallest absolute Gasteiger partial charge is 0.213 e. The van der Waals surface area contributed by atoms with Crippen LogP contribution in [0.1, 0.15) is 21.1 Å². The normalized spacial score (nSPS) is 10.4. The molecule has 1 aromatic heterocycles. The van der Waals surface area contributed by atoms with Crippen molar-refractivity contribution in [3.63, 3.8) is 0 Å². The Bertz CT molecular complexity index is 553. The molecule has 2 nitrogen and oxygen atoms in total. The van der Waals surface area contributed by atoms with Crippen molar-refractivity contribution in [1.82, 2.24) is 4.98 Å². The van der Waals surface area contributed by atoms with Crippen molar-refractivity contribution < 1.29 is 9.18 Å². The average molecular weight is 256 g/mol. The second kappa shape index (κ2) is 4.31. The summed E-state index contributed by atoms with van der Waals surface area (Å²) in [6.45, 7) is 1.80. The van der Waals surface area contributed by atoms with Gasteiger partial charge in [-0.15, -0.1) is 11.3 Å². The zero-order valence-electron chi connectivity index (χ0n) is 8.33. The van der Waals surface area contributed by atoms with E-state index >= 15 is 0 Å². The van der Waals surface area contributed by atoms with E-state index < -0.39 is 5.82 Å². The summed E-state index contributed by atoms with van der Waals surface area (Å²) in [6.07, 6.45) is 0. The van der Waals surface area contributed by atoms with Crippen LogP contribution >= 0.6 is 22.9 Å². The summed E-state index contributed by atoms with van der Waals surface area (Å²) < 4.78 is 13.0. The van der Waals surface area contributed by atoms with Crippen LogP contribution < -0.4 is 0 Å². The third kappa shape index (κ3) is 2.13. The maximum atomic E-state index is 13.0. The lowest BCUT2D eigenvalue weighted by molar-refractivity contribution is 0.103. The van der Waals surface area contributed by atoms with Crippen LogP contribution in [0, 0.1) is 12.7 Å². The molecule has 0 spiro atoms. The van der Waals surface area contributed by atoms with Gasteiger partial charge in [-0.25, -0.2) is 9.37 Å². The van der Waals surface area contributed by atoms with Crippen molar-refractivity contribution in [2.24, 2.45) is 0 Å². The van der Waals surface area contributed by atoms with Crippen LogP contribution in [0.2, 0.25) is 5.02 Å². The standard InChI is InChI=1S/C11H7ClFNOS/c1-6-14-10(5-16-6)11(15)8-4-7(13)2-3-9(8)12/h2-5H,1H3. The van der Waals surface area contributed by atoms with E-state index in [1.807, 2.05) is 0 Å². The molecule has 2 rings (SSSR count). The van der Waals surface area contributed by atoms with Crippen LogP contribution in [0.15, 0.2) is 23.6 Å². The van der Waals surface area contributed by atoms with Crippen molar-refractivity contribution in [1.29, 1.82) is 0 Å². The minimum Gasteiger partial charge on any atom is -0.287 e. The summed E-state index contributed by atoms with van der Waals surface area (Å²) in [7, 11) is 0. The van der Waals surface area contributed by atoms with E-state index in [4.69, 9.17) is 11.6 Å². The highest BCUT2D eigenvalue weighted by Crippen LogP contribution is 2.21. The fraction of sp³-hybridized carbons (Fsp3) is 0.0909. The number of aryl methyl sites for hydroxylation is 1. The molecule has 0 radical (unpaired) electrons. The Morgan fingerprint density at radius 3 is 2.88 bits per heavy atom. The summed E-state index contributed by atoms with van der Waals surface area (Å²) in [4.78, 5) is 16.0. The van der Waals surface area contributed by atoms with Gasteiger partial charge in [0.25, 0.3) is 0 Å². The van der Waals surface area contributed by atoms with E-state index in [9.17, 15) is 9.18 Å². The minimum absolute atomic E-state index is 0.145. The molecule has 0 N–H and O–H groups in total. The van der Waals surface area contributed by atoms with Gasteiger partial charge in [-0.1, -0.05) is 11.6 Å². The molecule has 0 saturated carbocycles. The fourth-order valence-corrected chi connectivity index (χ4v) is 2.07. The van der Waals surface area contributed by atoms with Crippen LogP contribution in [0.4, 0.5) is 4.39 Å². The first-order chi connectivity index (χ1) is 7.58. The number of ketones is 1. The molecule has 0 atom stereocenters. The summed E-state index contributed by atoms with van der Waals surface area (Å²) in [5.74, 6) is -0.839. The Kier molecular flexibility index (Phi) is 3.03. The molecule has 82 valence electrons. The Morgan fingerprint density at radius 2 is 2.25 bits per heavy atom. The number of aromatic nitrogens is 1. The van der Waals surface area contributed by atoms with Gasteiger partial charge in [0.2, 0.25) is 5.78 Å². The topological polar surface area (TPSA) is 30.0 Å². The van der Waals surface area contributed by atoms with Gasteiger partial charge >= 0.3 is 0 Å². The summed E-state index contributed by atoms with van der Waals surface area (Å²) in [5, 5.41) is 2.66. The minimum atomic E-state index is -0.486.